The molecule has 0 fully saturated rings. The standard InChI is InChI=1S/C49H37NO/c1-49(2)45-20-12-11-18-39(45)40-27-26-37(30-46(40)49)50(35-15-7-4-8-16-35)36-24-21-32(22-25-36)34-23-28-47-43(29-34)44-31-42(33-13-5-3-6-14-33)38-17-9-10-19-41(38)48(44)51-47/h3-19,21-31,45H,20H2,1-2H3/i3D,5D,6D,13D,14D. The average molecular weight is 661 g/mol. The van der Waals surface area contributed by atoms with Crippen molar-refractivity contribution in [2.24, 2.45) is 5.92 Å². The van der Waals surface area contributed by atoms with Crippen molar-refractivity contribution in [2.45, 2.75) is 25.7 Å². The number of allylic oxidation sites excluding steroid dienone is 4. The zero-order valence-electron chi connectivity index (χ0n) is 33.4. The maximum atomic E-state index is 8.77. The molecule has 1 unspecified atom stereocenters. The average Bonchev–Trinajstić information content (AvgIpc) is 3.71. The number of furan rings is 1. The maximum absolute atomic E-state index is 8.77. The van der Waals surface area contributed by atoms with Crippen molar-refractivity contribution in [1.29, 1.82) is 0 Å². The van der Waals surface area contributed by atoms with Gasteiger partial charge in [0.1, 0.15) is 11.2 Å². The van der Waals surface area contributed by atoms with Crippen LogP contribution in [0.4, 0.5) is 17.1 Å². The van der Waals surface area contributed by atoms with Gasteiger partial charge in [-0.05, 0) is 117 Å². The van der Waals surface area contributed by atoms with Crippen molar-refractivity contribution in [1.82, 2.24) is 0 Å². The van der Waals surface area contributed by atoms with Gasteiger partial charge in [0.15, 0.2) is 0 Å². The lowest BCUT2D eigenvalue weighted by molar-refractivity contribution is 0.415. The van der Waals surface area contributed by atoms with Crippen LogP contribution in [0.15, 0.2) is 174 Å². The van der Waals surface area contributed by atoms with Gasteiger partial charge < -0.3 is 9.32 Å². The van der Waals surface area contributed by atoms with E-state index in [0.717, 1.165) is 56.2 Å². The fourth-order valence-corrected chi connectivity index (χ4v) is 8.43. The SMILES string of the molecule is [2H]c1c([2H])c([2H])c(-c2cc3c4cc(-c5ccc(N(c6ccccc6)c6ccc7c(c6)C(C)(C)C6CC=CC=C76)cc5)ccc4oc3c3ccccc23)c([2H])c1[2H]. The van der Waals surface area contributed by atoms with Crippen molar-refractivity contribution < 1.29 is 11.3 Å². The van der Waals surface area contributed by atoms with E-state index in [0.29, 0.717) is 22.6 Å². The number of fused-ring (bicyclic) bond motifs is 8. The van der Waals surface area contributed by atoms with Gasteiger partial charge in [-0.3, -0.25) is 0 Å². The zero-order chi connectivity index (χ0) is 38.5. The molecule has 8 aromatic rings. The number of anilines is 3. The molecule has 0 saturated carbocycles. The van der Waals surface area contributed by atoms with Gasteiger partial charge in [0.2, 0.25) is 0 Å². The summed E-state index contributed by atoms with van der Waals surface area (Å²) in [7, 11) is 0. The minimum atomic E-state index is -0.408. The summed E-state index contributed by atoms with van der Waals surface area (Å²) in [6.07, 6.45) is 7.83. The van der Waals surface area contributed by atoms with Crippen LogP contribution in [0.2, 0.25) is 0 Å². The topological polar surface area (TPSA) is 16.4 Å². The fraction of sp³-hybridized carbons (Fsp3) is 0.102. The van der Waals surface area contributed by atoms with Crippen LogP contribution in [0.1, 0.15) is 38.2 Å². The first kappa shape index (κ1) is 24.9. The summed E-state index contributed by atoms with van der Waals surface area (Å²) in [5.74, 6) is 0.477. The van der Waals surface area contributed by atoms with Gasteiger partial charge in [0, 0.05) is 33.2 Å². The first-order valence-corrected chi connectivity index (χ1v) is 17.5. The molecule has 2 aliphatic rings. The van der Waals surface area contributed by atoms with Crippen molar-refractivity contribution in [3.8, 4) is 22.3 Å². The Morgan fingerprint density at radius 2 is 1.35 bits per heavy atom. The minimum absolute atomic E-state index is 0.0196. The molecule has 1 atom stereocenters. The molecular weight excluding hydrogens is 619 g/mol. The molecule has 51 heavy (non-hydrogen) atoms. The lowest BCUT2D eigenvalue weighted by atomic mass is 9.75. The molecule has 0 amide bonds. The van der Waals surface area contributed by atoms with Crippen LogP contribution in [0, 0.1) is 5.92 Å². The molecule has 10 rings (SSSR count). The summed E-state index contributed by atoms with van der Waals surface area (Å²) < 4.78 is 48.9. The number of rotatable bonds is 5. The Bertz CT molecular complexity index is 2950. The molecule has 0 saturated heterocycles. The molecule has 0 N–H and O–H groups in total. The summed E-state index contributed by atoms with van der Waals surface area (Å²) >= 11 is 0. The maximum Gasteiger partial charge on any atom is 0.143 e. The summed E-state index contributed by atoms with van der Waals surface area (Å²) in [4.78, 5) is 2.33. The zero-order valence-corrected chi connectivity index (χ0v) is 28.4. The van der Waals surface area contributed by atoms with Gasteiger partial charge in [-0.25, -0.2) is 0 Å². The first-order chi connectivity index (χ1) is 27.1. The summed E-state index contributed by atoms with van der Waals surface area (Å²) in [5.41, 5.74) is 11.7. The predicted octanol–water partition coefficient (Wildman–Crippen LogP) is 13.8. The lowest BCUT2D eigenvalue weighted by Crippen LogP contribution is -2.24. The van der Waals surface area contributed by atoms with E-state index in [2.05, 4.69) is 116 Å². The van der Waals surface area contributed by atoms with Crippen LogP contribution in [-0.2, 0) is 5.41 Å². The van der Waals surface area contributed by atoms with E-state index in [1.54, 1.807) is 0 Å². The first-order valence-electron chi connectivity index (χ1n) is 20.0. The highest BCUT2D eigenvalue weighted by molar-refractivity contribution is 6.19. The van der Waals surface area contributed by atoms with Gasteiger partial charge >= 0.3 is 0 Å². The molecule has 0 aliphatic heterocycles. The molecule has 0 radical (unpaired) electrons. The third-order valence-corrected chi connectivity index (χ3v) is 11.0. The largest absolute Gasteiger partial charge is 0.455 e. The Labute approximate surface area is 305 Å². The van der Waals surface area contributed by atoms with E-state index in [-0.39, 0.29) is 35.1 Å². The second kappa shape index (κ2) is 11.5. The quantitative estimate of drug-likeness (QED) is 0.183. The number of nitrogens with zero attached hydrogens (tertiary/aromatic N) is 1. The number of benzene rings is 7. The lowest BCUT2D eigenvalue weighted by Gasteiger charge is -2.30. The van der Waals surface area contributed by atoms with E-state index in [1.807, 2.05) is 42.5 Å². The fourth-order valence-electron chi connectivity index (χ4n) is 8.43. The number of hydrogen-bond donors (Lipinski definition) is 0. The molecule has 0 bridgehead atoms. The molecule has 2 heteroatoms. The minimum Gasteiger partial charge on any atom is -0.455 e. The summed E-state index contributed by atoms with van der Waals surface area (Å²) in [6, 6.07) is 40.3. The summed E-state index contributed by atoms with van der Waals surface area (Å²) in [5, 5.41) is 3.28. The van der Waals surface area contributed by atoms with Crippen molar-refractivity contribution >= 4 is 55.3 Å². The highest BCUT2D eigenvalue weighted by atomic mass is 16.3. The second-order valence-corrected chi connectivity index (χ2v) is 14.2. The Hall–Kier alpha value is -6.12. The van der Waals surface area contributed by atoms with Gasteiger partial charge in [0.05, 0.1) is 6.85 Å². The van der Waals surface area contributed by atoms with E-state index in [4.69, 9.17) is 11.3 Å². The van der Waals surface area contributed by atoms with Crippen LogP contribution in [0.25, 0.3) is 60.5 Å². The Kier molecular flexibility index (Phi) is 5.60. The van der Waals surface area contributed by atoms with Crippen molar-refractivity contribution in [2.75, 3.05) is 4.90 Å². The third-order valence-electron chi connectivity index (χ3n) is 11.0. The molecule has 2 aliphatic carbocycles. The van der Waals surface area contributed by atoms with Crippen LogP contribution < -0.4 is 4.90 Å². The van der Waals surface area contributed by atoms with Gasteiger partial charge in [0.25, 0.3) is 0 Å². The Morgan fingerprint density at radius 1 is 0.627 bits per heavy atom. The van der Waals surface area contributed by atoms with Crippen LogP contribution in [0.3, 0.4) is 0 Å². The monoisotopic (exact) mass is 660 g/mol. The van der Waals surface area contributed by atoms with Crippen molar-refractivity contribution in [3.63, 3.8) is 0 Å². The highest BCUT2D eigenvalue weighted by Crippen LogP contribution is 2.54. The Morgan fingerprint density at radius 3 is 2.18 bits per heavy atom. The Balaban J connectivity index is 1.08. The highest BCUT2D eigenvalue weighted by Gasteiger charge is 2.42. The summed E-state index contributed by atoms with van der Waals surface area (Å²) in [6.45, 7) is 4.75. The molecule has 0 spiro atoms. The van der Waals surface area contributed by atoms with Crippen LogP contribution in [0.5, 0.6) is 0 Å². The molecule has 1 heterocycles. The molecule has 244 valence electrons. The van der Waals surface area contributed by atoms with Crippen LogP contribution >= 0.6 is 0 Å². The molecule has 7 aromatic carbocycles. The van der Waals surface area contributed by atoms with E-state index in [1.165, 1.54) is 16.7 Å². The number of para-hydroxylation sites is 1. The van der Waals surface area contributed by atoms with E-state index in [9.17, 15) is 0 Å². The normalized spacial score (nSPS) is 17.3. The molecule has 2 nitrogen and oxygen atoms in total. The number of hydrogen-bond acceptors (Lipinski definition) is 2. The molecular formula is C49H37NO. The van der Waals surface area contributed by atoms with Crippen molar-refractivity contribution in [3.05, 3.63) is 181 Å². The second-order valence-electron chi connectivity index (χ2n) is 14.2. The smallest absolute Gasteiger partial charge is 0.143 e. The third kappa shape index (κ3) is 4.71. The van der Waals surface area contributed by atoms with Gasteiger partial charge in [-0.15, -0.1) is 0 Å². The van der Waals surface area contributed by atoms with E-state index >= 15 is 0 Å². The predicted molar refractivity (Wildman–Crippen MR) is 215 cm³/mol. The van der Waals surface area contributed by atoms with E-state index < -0.39 is 6.04 Å². The van der Waals surface area contributed by atoms with Gasteiger partial charge in [-0.2, -0.15) is 0 Å². The van der Waals surface area contributed by atoms with Crippen LogP contribution in [-0.4, -0.2) is 0 Å². The molecule has 1 aromatic heterocycles. The van der Waals surface area contributed by atoms with Gasteiger partial charge in [-0.1, -0.05) is 129 Å².